The van der Waals surface area contributed by atoms with Gasteiger partial charge in [-0.2, -0.15) is 0 Å². The highest BCUT2D eigenvalue weighted by Crippen LogP contribution is 2.28. The number of non-ortho nitro benzene ring substituents is 1. The Kier molecular flexibility index (Phi) is 6.01. The summed E-state index contributed by atoms with van der Waals surface area (Å²) in [4.78, 5) is 23.4. The quantitative estimate of drug-likeness (QED) is 0.339. The molecule has 6 nitrogen and oxygen atoms in total. The van der Waals surface area contributed by atoms with Crippen molar-refractivity contribution >= 4 is 17.2 Å². The lowest BCUT2D eigenvalue weighted by Gasteiger charge is -2.20. The van der Waals surface area contributed by atoms with E-state index in [-0.39, 0.29) is 23.9 Å². The number of carbonyl (C=O) groups is 1. The van der Waals surface area contributed by atoms with Crippen LogP contribution in [-0.2, 0) is 0 Å². The van der Waals surface area contributed by atoms with E-state index in [2.05, 4.69) is 5.32 Å². The van der Waals surface area contributed by atoms with E-state index >= 15 is 0 Å². The van der Waals surface area contributed by atoms with E-state index in [0.717, 1.165) is 5.56 Å². The largest absolute Gasteiger partial charge is 0.497 e. The van der Waals surface area contributed by atoms with Gasteiger partial charge in [0.05, 0.1) is 18.1 Å². The van der Waals surface area contributed by atoms with Crippen LogP contribution in [0.2, 0.25) is 0 Å². The van der Waals surface area contributed by atoms with E-state index in [0.29, 0.717) is 17.0 Å². The van der Waals surface area contributed by atoms with Crippen LogP contribution < -0.4 is 10.1 Å². The molecule has 0 aromatic heterocycles. The van der Waals surface area contributed by atoms with Gasteiger partial charge in [0, 0.05) is 29.8 Å². The fourth-order valence-corrected chi connectivity index (χ4v) is 2.93. The highest BCUT2D eigenvalue weighted by Gasteiger charge is 2.18. The fraction of sp³-hybridized carbons (Fsp3) is 0.136. The number of Topliss-reactive ketones (excluding diaryl/α,β-unsaturated/α-hetero) is 1. The van der Waals surface area contributed by atoms with Crippen molar-refractivity contribution < 1.29 is 14.5 Å². The summed E-state index contributed by atoms with van der Waals surface area (Å²) in [6, 6.07) is 22.4. The molecule has 6 heteroatoms. The highest BCUT2D eigenvalue weighted by molar-refractivity contribution is 5.96. The van der Waals surface area contributed by atoms with E-state index in [9.17, 15) is 14.9 Å². The third-order valence-corrected chi connectivity index (χ3v) is 4.40. The summed E-state index contributed by atoms with van der Waals surface area (Å²) < 4.78 is 5.20. The second-order valence-electron chi connectivity index (χ2n) is 6.27. The maximum Gasteiger partial charge on any atom is 0.271 e. The number of nitrogens with zero attached hydrogens (tertiary/aromatic N) is 1. The highest BCUT2D eigenvalue weighted by atomic mass is 16.6. The van der Waals surface area contributed by atoms with Crippen LogP contribution in [-0.4, -0.2) is 17.8 Å². The zero-order valence-electron chi connectivity index (χ0n) is 15.4. The molecule has 0 heterocycles. The smallest absolute Gasteiger partial charge is 0.271 e. The molecule has 0 radical (unpaired) electrons. The number of nitrogens with one attached hydrogen (secondary N) is 1. The first-order valence-electron chi connectivity index (χ1n) is 8.80. The van der Waals surface area contributed by atoms with Gasteiger partial charge in [0.2, 0.25) is 0 Å². The van der Waals surface area contributed by atoms with Crippen LogP contribution in [0.4, 0.5) is 11.4 Å². The average Bonchev–Trinajstić information content (AvgIpc) is 2.74. The molecule has 28 heavy (non-hydrogen) atoms. The molecule has 0 saturated carbocycles. The molecule has 142 valence electrons. The van der Waals surface area contributed by atoms with Gasteiger partial charge in [-0.1, -0.05) is 48.5 Å². The predicted octanol–water partition coefficient (Wildman–Crippen LogP) is 5.03. The normalized spacial score (nSPS) is 11.5. The van der Waals surface area contributed by atoms with Crippen molar-refractivity contribution in [2.75, 3.05) is 12.4 Å². The lowest BCUT2D eigenvalue weighted by atomic mass is 9.97. The third kappa shape index (κ3) is 4.73. The Labute approximate surface area is 162 Å². The topological polar surface area (TPSA) is 81.5 Å². The number of nitro benzene ring substituents is 1. The predicted molar refractivity (Wildman–Crippen MR) is 108 cm³/mol. The molecule has 0 aliphatic heterocycles. The molecular formula is C22H20N2O4. The van der Waals surface area contributed by atoms with E-state index in [1.165, 1.54) is 12.1 Å². The van der Waals surface area contributed by atoms with Crippen LogP contribution in [0.25, 0.3) is 0 Å². The van der Waals surface area contributed by atoms with Gasteiger partial charge in [-0.25, -0.2) is 0 Å². The van der Waals surface area contributed by atoms with Gasteiger partial charge < -0.3 is 10.1 Å². The van der Waals surface area contributed by atoms with Crippen LogP contribution in [0, 0.1) is 10.1 Å². The number of carbonyl (C=O) groups excluding carboxylic acids is 1. The van der Waals surface area contributed by atoms with Gasteiger partial charge in [-0.15, -0.1) is 0 Å². The number of benzene rings is 3. The molecule has 3 rings (SSSR count). The number of nitro groups is 1. The van der Waals surface area contributed by atoms with Crippen LogP contribution >= 0.6 is 0 Å². The number of hydrogen-bond acceptors (Lipinski definition) is 5. The number of anilines is 1. The number of rotatable bonds is 8. The summed E-state index contributed by atoms with van der Waals surface area (Å²) in [5, 5.41) is 14.3. The standard InChI is InChI=1S/C22H20N2O4/c1-28-20-12-10-16(11-13-20)21(15-22(25)17-6-3-2-4-7-17)23-18-8-5-9-19(14-18)24(26)27/h2-14,21,23H,15H2,1H3. The van der Waals surface area contributed by atoms with Crippen LogP contribution in [0.1, 0.15) is 28.4 Å². The van der Waals surface area contributed by atoms with Gasteiger partial charge in [-0.05, 0) is 23.8 Å². The number of ketones is 1. The minimum atomic E-state index is -0.442. The summed E-state index contributed by atoms with van der Waals surface area (Å²) in [5.41, 5.74) is 2.09. The van der Waals surface area contributed by atoms with Crippen LogP contribution in [0.3, 0.4) is 0 Å². The van der Waals surface area contributed by atoms with Crippen molar-refractivity contribution in [2.45, 2.75) is 12.5 Å². The maximum atomic E-state index is 12.7. The van der Waals surface area contributed by atoms with Gasteiger partial charge in [0.1, 0.15) is 5.75 Å². The van der Waals surface area contributed by atoms with Crippen molar-refractivity contribution in [3.8, 4) is 5.75 Å². The average molecular weight is 376 g/mol. The number of methoxy groups -OCH3 is 1. The van der Waals surface area contributed by atoms with Crippen LogP contribution in [0.5, 0.6) is 5.75 Å². The summed E-state index contributed by atoms with van der Waals surface area (Å²) in [5.74, 6) is 0.701. The molecule has 0 spiro atoms. The second kappa shape index (κ2) is 8.81. The van der Waals surface area contributed by atoms with E-state index < -0.39 is 4.92 Å². The molecule has 0 amide bonds. The van der Waals surface area contributed by atoms with Gasteiger partial charge >= 0.3 is 0 Å². The second-order valence-corrected chi connectivity index (χ2v) is 6.27. The summed E-state index contributed by atoms with van der Waals surface area (Å²) >= 11 is 0. The van der Waals surface area contributed by atoms with E-state index in [1.807, 2.05) is 42.5 Å². The molecule has 0 fully saturated rings. The summed E-state index contributed by atoms with van der Waals surface area (Å²) in [6.07, 6.45) is 0.207. The zero-order valence-corrected chi connectivity index (χ0v) is 15.4. The van der Waals surface area contributed by atoms with Crippen molar-refractivity contribution in [1.29, 1.82) is 0 Å². The number of hydrogen-bond donors (Lipinski definition) is 1. The minimum Gasteiger partial charge on any atom is -0.497 e. The van der Waals surface area contributed by atoms with Gasteiger partial charge in [0.25, 0.3) is 5.69 Å². The first-order chi connectivity index (χ1) is 13.6. The van der Waals surface area contributed by atoms with Gasteiger partial charge in [-0.3, -0.25) is 14.9 Å². The molecule has 3 aromatic rings. The maximum absolute atomic E-state index is 12.7. The summed E-state index contributed by atoms with van der Waals surface area (Å²) in [6.45, 7) is 0. The molecule has 0 bridgehead atoms. The Balaban J connectivity index is 1.88. The van der Waals surface area contributed by atoms with Crippen molar-refractivity contribution in [3.63, 3.8) is 0 Å². The third-order valence-electron chi connectivity index (χ3n) is 4.40. The minimum absolute atomic E-state index is 0.00660. The van der Waals surface area contributed by atoms with Gasteiger partial charge in [0.15, 0.2) is 5.78 Å². The van der Waals surface area contributed by atoms with E-state index in [4.69, 9.17) is 4.74 Å². The van der Waals surface area contributed by atoms with Crippen molar-refractivity contribution in [3.05, 3.63) is 100 Å². The molecule has 0 aliphatic carbocycles. The lowest BCUT2D eigenvalue weighted by Crippen LogP contribution is -2.16. The molecule has 0 saturated heterocycles. The SMILES string of the molecule is COc1ccc(C(CC(=O)c2ccccc2)Nc2cccc([N+](=O)[O-])c2)cc1. The Bertz CT molecular complexity index is 956. The van der Waals surface area contributed by atoms with E-state index in [1.54, 1.807) is 31.4 Å². The Morgan fingerprint density at radius 1 is 1.04 bits per heavy atom. The Morgan fingerprint density at radius 3 is 2.39 bits per heavy atom. The first-order valence-corrected chi connectivity index (χ1v) is 8.80. The number of ether oxygens (including phenoxy) is 1. The van der Waals surface area contributed by atoms with Crippen LogP contribution in [0.15, 0.2) is 78.9 Å². The molecule has 1 N–H and O–H groups in total. The zero-order chi connectivity index (χ0) is 19.9. The fourth-order valence-electron chi connectivity index (χ4n) is 2.93. The molecular weight excluding hydrogens is 356 g/mol. The molecule has 0 aliphatic rings. The first kappa shape index (κ1) is 19.1. The molecule has 3 aromatic carbocycles. The Morgan fingerprint density at radius 2 is 1.75 bits per heavy atom. The molecule has 1 unspecified atom stereocenters. The summed E-state index contributed by atoms with van der Waals surface area (Å²) in [7, 11) is 1.59. The Hall–Kier alpha value is -3.67. The lowest BCUT2D eigenvalue weighted by molar-refractivity contribution is -0.384. The molecule has 1 atom stereocenters. The van der Waals surface area contributed by atoms with Crippen molar-refractivity contribution in [2.24, 2.45) is 0 Å². The van der Waals surface area contributed by atoms with Crippen molar-refractivity contribution in [1.82, 2.24) is 0 Å². The monoisotopic (exact) mass is 376 g/mol.